The van der Waals surface area contributed by atoms with E-state index in [0.717, 1.165) is 29.9 Å². The summed E-state index contributed by atoms with van der Waals surface area (Å²) in [4.78, 5) is 26.8. The number of aromatic nitrogens is 1. The molecule has 1 saturated heterocycles. The van der Waals surface area contributed by atoms with Crippen LogP contribution in [0.25, 0.3) is 0 Å². The van der Waals surface area contributed by atoms with E-state index < -0.39 is 0 Å². The normalized spacial score (nSPS) is 16.4. The smallest absolute Gasteiger partial charge is 0.325 e. The van der Waals surface area contributed by atoms with Gasteiger partial charge in [-0.25, -0.2) is 0 Å². The number of amides is 1. The van der Waals surface area contributed by atoms with E-state index in [1.54, 1.807) is 19.1 Å². The third-order valence-electron chi connectivity index (χ3n) is 4.82. The molecule has 1 aromatic heterocycles. The van der Waals surface area contributed by atoms with Gasteiger partial charge in [0.2, 0.25) is 0 Å². The Kier molecular flexibility index (Phi) is 5.78. The van der Waals surface area contributed by atoms with Gasteiger partial charge in [0.15, 0.2) is 0 Å². The highest BCUT2D eigenvalue weighted by molar-refractivity contribution is 6.00. The lowest BCUT2D eigenvalue weighted by Crippen LogP contribution is -2.32. The van der Waals surface area contributed by atoms with E-state index in [4.69, 9.17) is 9.26 Å². The van der Waals surface area contributed by atoms with Gasteiger partial charge in [0, 0.05) is 17.8 Å². The second-order valence-electron chi connectivity index (χ2n) is 6.60. The quantitative estimate of drug-likeness (QED) is 0.785. The molecule has 1 amide bonds. The molecule has 7 nitrogen and oxygen atoms in total. The Morgan fingerprint density at radius 1 is 1.33 bits per heavy atom. The molecule has 1 aliphatic rings. The summed E-state index contributed by atoms with van der Waals surface area (Å²) in [5.74, 6) is 0.338. The molecule has 1 fully saturated rings. The number of nitrogens with one attached hydrogen (secondary N) is 1. The van der Waals surface area contributed by atoms with E-state index in [-0.39, 0.29) is 24.5 Å². The van der Waals surface area contributed by atoms with Crippen LogP contribution in [0.5, 0.6) is 0 Å². The summed E-state index contributed by atoms with van der Waals surface area (Å²) < 4.78 is 10.2. The van der Waals surface area contributed by atoms with Crippen LogP contribution in [0.1, 0.15) is 53.2 Å². The Balaban J connectivity index is 1.82. The standard InChI is InChI=1S/C20H25N3O4/c1-4-26-18(24)12-21-16-9-6-5-8-15(16)20(25)23-11-7-10-17(23)19-13(2)22-27-14(19)3/h5-6,8-9,17,21H,4,7,10-12H2,1-3H3. The minimum absolute atomic E-state index is 0.0193. The Morgan fingerprint density at radius 2 is 2.11 bits per heavy atom. The molecule has 2 heterocycles. The van der Waals surface area contributed by atoms with E-state index in [1.807, 2.05) is 30.9 Å². The van der Waals surface area contributed by atoms with Crippen molar-refractivity contribution in [3.05, 3.63) is 46.8 Å². The topological polar surface area (TPSA) is 84.7 Å². The number of hydrogen-bond donors (Lipinski definition) is 1. The lowest BCUT2D eigenvalue weighted by molar-refractivity contribution is -0.140. The van der Waals surface area contributed by atoms with Gasteiger partial charge in [-0.3, -0.25) is 9.59 Å². The van der Waals surface area contributed by atoms with Gasteiger partial charge in [-0.05, 0) is 45.7 Å². The number of carbonyl (C=O) groups is 2. The average Bonchev–Trinajstić information content (AvgIpc) is 3.26. The highest BCUT2D eigenvalue weighted by Gasteiger charge is 2.34. The largest absolute Gasteiger partial charge is 0.465 e. The van der Waals surface area contributed by atoms with Crippen LogP contribution in [0.4, 0.5) is 5.69 Å². The van der Waals surface area contributed by atoms with Crippen molar-refractivity contribution in [3.8, 4) is 0 Å². The number of para-hydroxylation sites is 1. The molecule has 1 aromatic carbocycles. The van der Waals surface area contributed by atoms with Gasteiger partial charge in [-0.15, -0.1) is 0 Å². The number of anilines is 1. The predicted molar refractivity (Wildman–Crippen MR) is 101 cm³/mol. The molecular weight excluding hydrogens is 346 g/mol. The Bertz CT molecular complexity index is 811. The molecule has 0 spiro atoms. The van der Waals surface area contributed by atoms with E-state index in [2.05, 4.69) is 10.5 Å². The molecule has 3 rings (SSSR count). The fourth-order valence-electron chi connectivity index (χ4n) is 3.63. The molecule has 7 heteroatoms. The van der Waals surface area contributed by atoms with E-state index >= 15 is 0 Å². The number of aryl methyl sites for hydroxylation is 2. The number of likely N-dealkylation sites (tertiary alicyclic amines) is 1. The molecule has 27 heavy (non-hydrogen) atoms. The van der Waals surface area contributed by atoms with Crippen LogP contribution >= 0.6 is 0 Å². The van der Waals surface area contributed by atoms with Crippen LogP contribution < -0.4 is 5.32 Å². The first-order valence-corrected chi connectivity index (χ1v) is 9.25. The molecule has 2 aromatic rings. The number of rotatable bonds is 6. The highest BCUT2D eigenvalue weighted by Crippen LogP contribution is 2.37. The van der Waals surface area contributed by atoms with Crippen molar-refractivity contribution in [1.82, 2.24) is 10.1 Å². The van der Waals surface area contributed by atoms with Gasteiger partial charge >= 0.3 is 5.97 Å². The Hall–Kier alpha value is -2.83. The average molecular weight is 371 g/mol. The first-order valence-electron chi connectivity index (χ1n) is 9.25. The Morgan fingerprint density at radius 3 is 2.81 bits per heavy atom. The molecule has 0 saturated carbocycles. The molecule has 0 bridgehead atoms. The summed E-state index contributed by atoms with van der Waals surface area (Å²) in [5.41, 5.74) is 2.99. The number of carbonyl (C=O) groups excluding carboxylic acids is 2. The number of ether oxygens (including phenoxy) is 1. The van der Waals surface area contributed by atoms with Crippen LogP contribution in [0.3, 0.4) is 0 Å². The fourth-order valence-corrected chi connectivity index (χ4v) is 3.63. The van der Waals surface area contributed by atoms with Crippen molar-refractivity contribution in [1.29, 1.82) is 0 Å². The van der Waals surface area contributed by atoms with Crippen molar-refractivity contribution in [2.75, 3.05) is 25.0 Å². The lowest BCUT2D eigenvalue weighted by atomic mass is 10.0. The molecule has 0 radical (unpaired) electrons. The second kappa shape index (κ2) is 8.24. The first kappa shape index (κ1) is 18.9. The Labute approximate surface area is 158 Å². The van der Waals surface area contributed by atoms with E-state index in [1.165, 1.54) is 0 Å². The predicted octanol–water partition coefficient (Wildman–Crippen LogP) is 3.24. The third kappa shape index (κ3) is 3.97. The maximum absolute atomic E-state index is 13.3. The molecule has 0 aliphatic carbocycles. The van der Waals surface area contributed by atoms with Gasteiger partial charge in [0.1, 0.15) is 12.3 Å². The second-order valence-corrected chi connectivity index (χ2v) is 6.60. The maximum Gasteiger partial charge on any atom is 0.325 e. The van der Waals surface area contributed by atoms with E-state index in [9.17, 15) is 9.59 Å². The van der Waals surface area contributed by atoms with Crippen LogP contribution in [0.15, 0.2) is 28.8 Å². The van der Waals surface area contributed by atoms with Crippen molar-refractivity contribution >= 4 is 17.6 Å². The number of esters is 1. The lowest BCUT2D eigenvalue weighted by Gasteiger charge is -2.26. The molecule has 1 unspecified atom stereocenters. The molecule has 144 valence electrons. The highest BCUT2D eigenvalue weighted by atomic mass is 16.5. The number of hydrogen-bond acceptors (Lipinski definition) is 6. The first-order chi connectivity index (χ1) is 13.0. The van der Waals surface area contributed by atoms with Gasteiger partial charge < -0.3 is 19.5 Å². The summed E-state index contributed by atoms with van der Waals surface area (Å²) in [6.07, 6.45) is 1.81. The molecule has 1 aliphatic heterocycles. The zero-order valence-corrected chi connectivity index (χ0v) is 15.9. The maximum atomic E-state index is 13.3. The molecule has 1 atom stereocenters. The van der Waals surface area contributed by atoms with Crippen molar-refractivity contribution in [2.45, 2.75) is 39.7 Å². The number of nitrogens with zero attached hydrogens (tertiary/aromatic N) is 2. The van der Waals surface area contributed by atoms with Crippen molar-refractivity contribution < 1.29 is 18.8 Å². The summed E-state index contributed by atoms with van der Waals surface area (Å²) in [6.45, 7) is 6.57. The monoisotopic (exact) mass is 371 g/mol. The summed E-state index contributed by atoms with van der Waals surface area (Å²) in [5, 5.41) is 7.06. The summed E-state index contributed by atoms with van der Waals surface area (Å²) in [6, 6.07) is 7.19. The minimum atomic E-state index is -0.352. The zero-order chi connectivity index (χ0) is 19.4. The van der Waals surface area contributed by atoms with Gasteiger partial charge in [-0.1, -0.05) is 17.3 Å². The SMILES string of the molecule is CCOC(=O)CNc1ccccc1C(=O)N1CCCC1c1c(C)noc1C. The van der Waals surface area contributed by atoms with Crippen LogP contribution in [-0.2, 0) is 9.53 Å². The van der Waals surface area contributed by atoms with Crippen LogP contribution in [0, 0.1) is 13.8 Å². The summed E-state index contributed by atoms with van der Waals surface area (Å²) >= 11 is 0. The van der Waals surface area contributed by atoms with Gasteiger partial charge in [0.25, 0.3) is 5.91 Å². The molecule has 1 N–H and O–H groups in total. The zero-order valence-electron chi connectivity index (χ0n) is 15.9. The van der Waals surface area contributed by atoms with Gasteiger partial charge in [-0.2, -0.15) is 0 Å². The molecular formula is C20H25N3O4. The van der Waals surface area contributed by atoms with E-state index in [0.29, 0.717) is 24.4 Å². The van der Waals surface area contributed by atoms with Crippen molar-refractivity contribution in [2.24, 2.45) is 0 Å². The van der Waals surface area contributed by atoms with Crippen LogP contribution in [-0.4, -0.2) is 41.6 Å². The minimum Gasteiger partial charge on any atom is -0.465 e. The fraction of sp³-hybridized carbons (Fsp3) is 0.450. The number of benzene rings is 1. The third-order valence-corrected chi connectivity index (χ3v) is 4.82. The summed E-state index contributed by atoms with van der Waals surface area (Å²) in [7, 11) is 0. The van der Waals surface area contributed by atoms with Crippen LogP contribution in [0.2, 0.25) is 0 Å². The van der Waals surface area contributed by atoms with Crippen molar-refractivity contribution in [3.63, 3.8) is 0 Å². The van der Waals surface area contributed by atoms with Gasteiger partial charge in [0.05, 0.1) is 23.9 Å².